The maximum absolute atomic E-state index is 13.8. The van der Waals surface area contributed by atoms with Crippen LogP contribution in [0.25, 0.3) is 0 Å². The van der Waals surface area contributed by atoms with Crippen molar-refractivity contribution in [1.82, 2.24) is 0 Å². The molecule has 2 rings (SSSR count). The number of carbonyl (C=O) groups excluding carboxylic acids is 1. The van der Waals surface area contributed by atoms with Crippen molar-refractivity contribution in [3.63, 3.8) is 0 Å². The fourth-order valence-corrected chi connectivity index (χ4v) is 1.83. The third kappa shape index (κ3) is 2.34. The zero-order valence-corrected chi connectivity index (χ0v) is 10.6. The van der Waals surface area contributed by atoms with E-state index in [0.717, 1.165) is 5.56 Å². The maximum atomic E-state index is 13.8. The Morgan fingerprint density at radius 2 is 1.68 bits per heavy atom. The SMILES string of the molecule is Cc1ccc(N)c(C(=O)c2ccc(C)c(F)c2F)c1. The Morgan fingerprint density at radius 1 is 1.00 bits per heavy atom. The molecule has 0 aromatic heterocycles. The van der Waals surface area contributed by atoms with Crippen LogP contribution >= 0.6 is 0 Å². The van der Waals surface area contributed by atoms with Crippen LogP contribution in [-0.2, 0) is 0 Å². The van der Waals surface area contributed by atoms with Gasteiger partial charge in [0.2, 0.25) is 0 Å². The second-order valence-corrected chi connectivity index (χ2v) is 4.48. The summed E-state index contributed by atoms with van der Waals surface area (Å²) in [6.07, 6.45) is 0. The Bertz CT molecular complexity index is 665. The van der Waals surface area contributed by atoms with Crippen LogP contribution in [0.2, 0.25) is 0 Å². The minimum absolute atomic E-state index is 0.159. The monoisotopic (exact) mass is 261 g/mol. The summed E-state index contributed by atoms with van der Waals surface area (Å²) in [7, 11) is 0. The summed E-state index contributed by atoms with van der Waals surface area (Å²) in [4.78, 5) is 12.2. The van der Waals surface area contributed by atoms with Gasteiger partial charge in [0.25, 0.3) is 0 Å². The molecule has 0 radical (unpaired) electrons. The zero-order chi connectivity index (χ0) is 14.2. The normalized spacial score (nSPS) is 10.5. The summed E-state index contributed by atoms with van der Waals surface area (Å²) in [5.41, 5.74) is 6.82. The van der Waals surface area contributed by atoms with E-state index in [0.29, 0.717) is 0 Å². The van der Waals surface area contributed by atoms with Crippen molar-refractivity contribution in [2.45, 2.75) is 13.8 Å². The lowest BCUT2D eigenvalue weighted by molar-refractivity contribution is 0.103. The molecular formula is C15H13F2NO. The number of nitrogens with two attached hydrogens (primary N) is 1. The van der Waals surface area contributed by atoms with E-state index in [2.05, 4.69) is 0 Å². The average molecular weight is 261 g/mol. The topological polar surface area (TPSA) is 43.1 Å². The van der Waals surface area contributed by atoms with Gasteiger partial charge in [-0.05, 0) is 37.6 Å². The van der Waals surface area contributed by atoms with Gasteiger partial charge in [-0.15, -0.1) is 0 Å². The van der Waals surface area contributed by atoms with Crippen molar-refractivity contribution in [1.29, 1.82) is 0 Å². The van der Waals surface area contributed by atoms with E-state index in [1.165, 1.54) is 19.1 Å². The van der Waals surface area contributed by atoms with Gasteiger partial charge >= 0.3 is 0 Å². The first kappa shape index (κ1) is 13.2. The molecule has 0 aliphatic carbocycles. The van der Waals surface area contributed by atoms with Crippen molar-refractivity contribution >= 4 is 11.5 Å². The molecule has 2 aromatic carbocycles. The van der Waals surface area contributed by atoms with E-state index in [9.17, 15) is 13.6 Å². The molecule has 2 nitrogen and oxygen atoms in total. The standard InChI is InChI=1S/C15H13F2NO/c1-8-3-6-12(18)11(7-8)15(19)10-5-4-9(2)13(16)14(10)17/h3-7H,18H2,1-2H3. The van der Waals surface area contributed by atoms with Crippen LogP contribution in [0.5, 0.6) is 0 Å². The van der Waals surface area contributed by atoms with Gasteiger partial charge in [-0.3, -0.25) is 4.79 Å². The van der Waals surface area contributed by atoms with Crippen LogP contribution in [0.3, 0.4) is 0 Å². The lowest BCUT2D eigenvalue weighted by Crippen LogP contribution is -2.09. The number of benzene rings is 2. The number of halogens is 2. The van der Waals surface area contributed by atoms with E-state index in [1.807, 2.05) is 0 Å². The van der Waals surface area contributed by atoms with E-state index < -0.39 is 17.4 Å². The van der Waals surface area contributed by atoms with Gasteiger partial charge in [0.15, 0.2) is 17.4 Å². The van der Waals surface area contributed by atoms with Gasteiger partial charge < -0.3 is 5.73 Å². The number of hydrogen-bond acceptors (Lipinski definition) is 2. The Labute approximate surface area is 109 Å². The van der Waals surface area contributed by atoms with Crippen LogP contribution in [0.4, 0.5) is 14.5 Å². The van der Waals surface area contributed by atoms with Gasteiger partial charge in [0.1, 0.15) is 0 Å². The summed E-state index contributed by atoms with van der Waals surface area (Å²) in [6.45, 7) is 3.23. The third-order valence-electron chi connectivity index (χ3n) is 2.97. The molecule has 0 fully saturated rings. The molecule has 0 atom stereocenters. The quantitative estimate of drug-likeness (QED) is 0.665. The van der Waals surface area contributed by atoms with Gasteiger partial charge in [0, 0.05) is 11.3 Å². The van der Waals surface area contributed by atoms with Crippen LogP contribution < -0.4 is 5.73 Å². The van der Waals surface area contributed by atoms with E-state index in [-0.39, 0.29) is 22.4 Å². The summed E-state index contributed by atoms with van der Waals surface area (Å²) >= 11 is 0. The Balaban J connectivity index is 2.56. The van der Waals surface area contributed by atoms with Gasteiger partial charge in [-0.25, -0.2) is 8.78 Å². The maximum Gasteiger partial charge on any atom is 0.198 e. The lowest BCUT2D eigenvalue weighted by Gasteiger charge is -2.08. The first-order valence-electron chi connectivity index (χ1n) is 5.77. The Morgan fingerprint density at radius 3 is 2.37 bits per heavy atom. The number of anilines is 1. The van der Waals surface area contributed by atoms with E-state index in [4.69, 9.17) is 5.73 Å². The second kappa shape index (κ2) is 4.80. The van der Waals surface area contributed by atoms with Gasteiger partial charge in [-0.1, -0.05) is 17.7 Å². The first-order chi connectivity index (χ1) is 8.91. The molecule has 98 valence electrons. The van der Waals surface area contributed by atoms with Crippen molar-refractivity contribution in [3.8, 4) is 0 Å². The smallest absolute Gasteiger partial charge is 0.198 e. The second-order valence-electron chi connectivity index (χ2n) is 4.48. The summed E-state index contributed by atoms with van der Waals surface area (Å²) in [5.74, 6) is -2.75. The number of hydrogen-bond donors (Lipinski definition) is 1. The molecule has 0 bridgehead atoms. The first-order valence-corrected chi connectivity index (χ1v) is 5.77. The van der Waals surface area contributed by atoms with Crippen molar-refractivity contribution in [2.75, 3.05) is 5.73 Å². The van der Waals surface area contributed by atoms with Crippen LogP contribution in [0, 0.1) is 25.5 Å². The highest BCUT2D eigenvalue weighted by molar-refractivity contribution is 6.12. The van der Waals surface area contributed by atoms with Crippen LogP contribution in [-0.4, -0.2) is 5.78 Å². The highest BCUT2D eigenvalue weighted by atomic mass is 19.2. The molecule has 0 spiro atoms. The predicted octanol–water partition coefficient (Wildman–Crippen LogP) is 3.39. The van der Waals surface area contributed by atoms with Crippen molar-refractivity contribution in [2.24, 2.45) is 0 Å². The molecule has 0 aliphatic rings. The molecule has 0 saturated carbocycles. The highest BCUT2D eigenvalue weighted by Crippen LogP contribution is 2.22. The Kier molecular flexibility index (Phi) is 3.34. The van der Waals surface area contributed by atoms with Crippen molar-refractivity contribution in [3.05, 3.63) is 64.2 Å². The largest absolute Gasteiger partial charge is 0.398 e. The van der Waals surface area contributed by atoms with Crippen molar-refractivity contribution < 1.29 is 13.6 Å². The minimum Gasteiger partial charge on any atom is -0.398 e. The van der Waals surface area contributed by atoms with Crippen LogP contribution in [0.1, 0.15) is 27.0 Å². The number of aryl methyl sites for hydroxylation is 2. The zero-order valence-electron chi connectivity index (χ0n) is 10.6. The van der Waals surface area contributed by atoms with E-state index in [1.54, 1.807) is 25.1 Å². The molecular weight excluding hydrogens is 248 g/mol. The number of nitrogen functional groups attached to an aromatic ring is 1. The predicted molar refractivity (Wildman–Crippen MR) is 70.1 cm³/mol. The molecule has 0 aliphatic heterocycles. The summed E-state index contributed by atoms with van der Waals surface area (Å²) in [5, 5.41) is 0. The Hall–Kier alpha value is -2.23. The third-order valence-corrected chi connectivity index (χ3v) is 2.97. The molecule has 0 saturated heterocycles. The summed E-state index contributed by atoms with van der Waals surface area (Å²) in [6, 6.07) is 7.54. The number of rotatable bonds is 2. The average Bonchev–Trinajstić information content (AvgIpc) is 2.38. The molecule has 0 amide bonds. The lowest BCUT2D eigenvalue weighted by atomic mass is 9.98. The molecule has 0 heterocycles. The highest BCUT2D eigenvalue weighted by Gasteiger charge is 2.20. The number of carbonyl (C=O) groups is 1. The number of ketones is 1. The minimum atomic E-state index is -1.13. The van der Waals surface area contributed by atoms with E-state index >= 15 is 0 Å². The molecule has 2 N–H and O–H groups in total. The molecule has 0 unspecified atom stereocenters. The summed E-state index contributed by atoms with van der Waals surface area (Å²) < 4.78 is 27.3. The molecule has 2 aromatic rings. The molecule has 4 heteroatoms. The fourth-order valence-electron chi connectivity index (χ4n) is 1.83. The van der Waals surface area contributed by atoms with Gasteiger partial charge in [-0.2, -0.15) is 0 Å². The fraction of sp³-hybridized carbons (Fsp3) is 0.133. The van der Waals surface area contributed by atoms with Crippen LogP contribution in [0.15, 0.2) is 30.3 Å². The molecule has 19 heavy (non-hydrogen) atoms. The van der Waals surface area contributed by atoms with Gasteiger partial charge in [0.05, 0.1) is 5.56 Å².